The van der Waals surface area contributed by atoms with Gasteiger partial charge in [0.1, 0.15) is 11.5 Å². The van der Waals surface area contributed by atoms with Gasteiger partial charge < -0.3 is 29.8 Å². The number of carbonyl (C=O) groups excluding carboxylic acids is 1. The van der Waals surface area contributed by atoms with Crippen LogP contribution in [-0.2, 0) is 0 Å². The van der Waals surface area contributed by atoms with Crippen LogP contribution in [0.4, 0.5) is 11.6 Å². The third-order valence-electron chi connectivity index (χ3n) is 8.05. The van der Waals surface area contributed by atoms with Crippen LogP contribution in [0.5, 0.6) is 11.5 Å². The van der Waals surface area contributed by atoms with Crippen LogP contribution in [0.25, 0.3) is 22.4 Å². The van der Waals surface area contributed by atoms with Crippen LogP contribution in [0.1, 0.15) is 41.8 Å². The number of nitrogens with two attached hydrogens (primary N) is 1. The standard InChI is InChI=1S/C29H32N6O4/c1-17-4-5-24(39-17)23-11-21(20-10-25(37-2)26(38-3)12-22(20)34-23)33-19-13-29(14-19)6-8-35(9-7-29)28-31-15-18(16-32-28)27(30)36/h4-5,10-12,15-16,19H,6-9,13-14H2,1-3H3,(H2,30,36)(H,33,34). The molecule has 0 radical (unpaired) electrons. The minimum Gasteiger partial charge on any atom is -0.493 e. The van der Waals surface area contributed by atoms with Gasteiger partial charge in [-0.05, 0) is 62.3 Å². The van der Waals surface area contributed by atoms with Gasteiger partial charge in [-0.1, -0.05) is 0 Å². The zero-order valence-corrected chi connectivity index (χ0v) is 22.4. The minimum atomic E-state index is -0.516. The average Bonchev–Trinajstić information content (AvgIpc) is 3.38. The molecule has 2 fully saturated rings. The Kier molecular flexibility index (Phi) is 6.25. The summed E-state index contributed by atoms with van der Waals surface area (Å²) >= 11 is 0. The molecule has 10 nitrogen and oxygen atoms in total. The first-order valence-electron chi connectivity index (χ1n) is 13.1. The fraction of sp³-hybridized carbons (Fsp3) is 0.379. The summed E-state index contributed by atoms with van der Waals surface area (Å²) in [5, 5.41) is 4.78. The maximum Gasteiger partial charge on any atom is 0.251 e. The summed E-state index contributed by atoms with van der Waals surface area (Å²) in [6.07, 6.45) is 7.33. The number of nitrogens with zero attached hydrogens (tertiary/aromatic N) is 4. The monoisotopic (exact) mass is 528 g/mol. The predicted molar refractivity (Wildman–Crippen MR) is 148 cm³/mol. The molecule has 0 atom stereocenters. The molecule has 4 aromatic rings. The highest BCUT2D eigenvalue weighted by Crippen LogP contribution is 2.51. The Morgan fingerprint density at radius 1 is 1.08 bits per heavy atom. The molecular weight excluding hydrogens is 496 g/mol. The summed E-state index contributed by atoms with van der Waals surface area (Å²) in [4.78, 5) is 27.1. The van der Waals surface area contributed by atoms with E-state index in [4.69, 9.17) is 24.6 Å². The predicted octanol–water partition coefficient (Wildman–Crippen LogP) is 4.57. The molecule has 39 heavy (non-hydrogen) atoms. The highest BCUT2D eigenvalue weighted by Gasteiger charge is 2.46. The van der Waals surface area contributed by atoms with Gasteiger partial charge in [-0.3, -0.25) is 4.79 Å². The molecule has 1 spiro atoms. The molecule has 1 amide bonds. The maximum absolute atomic E-state index is 11.3. The number of pyridine rings is 1. The third-order valence-corrected chi connectivity index (χ3v) is 8.05. The number of ether oxygens (including phenoxy) is 2. The van der Waals surface area contributed by atoms with E-state index in [0.29, 0.717) is 34.5 Å². The highest BCUT2D eigenvalue weighted by molar-refractivity contribution is 5.96. The lowest BCUT2D eigenvalue weighted by atomic mass is 9.60. The summed E-state index contributed by atoms with van der Waals surface area (Å²) in [5.41, 5.74) is 8.54. The molecule has 1 saturated carbocycles. The minimum absolute atomic E-state index is 0.312. The van der Waals surface area contributed by atoms with E-state index < -0.39 is 5.91 Å². The van der Waals surface area contributed by atoms with Gasteiger partial charge in [-0.2, -0.15) is 0 Å². The molecule has 0 unspecified atom stereocenters. The van der Waals surface area contributed by atoms with E-state index in [9.17, 15) is 4.79 Å². The van der Waals surface area contributed by atoms with E-state index in [1.54, 1.807) is 14.2 Å². The lowest BCUT2D eigenvalue weighted by Crippen LogP contribution is -2.51. The number of methoxy groups -OCH3 is 2. The van der Waals surface area contributed by atoms with E-state index in [1.807, 2.05) is 31.2 Å². The molecule has 0 bridgehead atoms. The van der Waals surface area contributed by atoms with E-state index in [-0.39, 0.29) is 0 Å². The number of hydrogen-bond donors (Lipinski definition) is 2. The normalized spacial score (nSPS) is 16.7. The van der Waals surface area contributed by atoms with Crippen molar-refractivity contribution in [1.29, 1.82) is 0 Å². The van der Waals surface area contributed by atoms with Gasteiger partial charge in [0.05, 0.1) is 25.3 Å². The van der Waals surface area contributed by atoms with E-state index >= 15 is 0 Å². The number of piperidine rings is 1. The number of fused-ring (bicyclic) bond motifs is 1. The molecule has 2 aliphatic rings. The zero-order chi connectivity index (χ0) is 27.1. The lowest BCUT2D eigenvalue weighted by molar-refractivity contribution is 0.0798. The molecule has 10 heteroatoms. The number of primary amides is 1. The van der Waals surface area contributed by atoms with Gasteiger partial charge in [0, 0.05) is 48.7 Å². The van der Waals surface area contributed by atoms with Crippen molar-refractivity contribution >= 4 is 28.4 Å². The number of anilines is 2. The Balaban J connectivity index is 1.19. The lowest BCUT2D eigenvalue weighted by Gasteiger charge is -2.52. The van der Waals surface area contributed by atoms with Crippen molar-refractivity contribution in [2.75, 3.05) is 37.5 Å². The zero-order valence-electron chi connectivity index (χ0n) is 22.4. The number of rotatable bonds is 7. The number of furan rings is 1. The number of amides is 1. The molecule has 1 aromatic carbocycles. The molecule has 3 aromatic heterocycles. The number of aromatic nitrogens is 3. The van der Waals surface area contributed by atoms with Gasteiger partial charge in [0.15, 0.2) is 17.3 Å². The first-order chi connectivity index (χ1) is 18.9. The largest absolute Gasteiger partial charge is 0.493 e. The second kappa shape index (κ2) is 9.76. The smallest absolute Gasteiger partial charge is 0.251 e. The summed E-state index contributed by atoms with van der Waals surface area (Å²) < 4.78 is 17.0. The van der Waals surface area contributed by atoms with Gasteiger partial charge in [0.2, 0.25) is 5.95 Å². The first kappa shape index (κ1) is 25.0. The quantitative estimate of drug-likeness (QED) is 0.354. The average molecular weight is 529 g/mol. The summed E-state index contributed by atoms with van der Waals surface area (Å²) in [5.74, 6) is 3.01. The van der Waals surface area contributed by atoms with Crippen molar-refractivity contribution in [1.82, 2.24) is 15.0 Å². The van der Waals surface area contributed by atoms with Crippen LogP contribution in [0.15, 0.2) is 47.1 Å². The van der Waals surface area contributed by atoms with Crippen LogP contribution in [0.2, 0.25) is 0 Å². The molecule has 202 valence electrons. The number of aryl methyl sites for hydroxylation is 1. The van der Waals surface area contributed by atoms with Crippen molar-refractivity contribution in [3.63, 3.8) is 0 Å². The molecular formula is C29H32N6O4. The van der Waals surface area contributed by atoms with E-state index in [1.165, 1.54) is 12.4 Å². The number of hydrogen-bond acceptors (Lipinski definition) is 9. The van der Waals surface area contributed by atoms with Crippen molar-refractivity contribution < 1.29 is 18.7 Å². The SMILES string of the molecule is COc1cc2nc(-c3ccc(C)o3)cc(NC3CC4(CCN(c5ncc(C(N)=O)cn5)CC4)C3)c2cc1OC. The van der Waals surface area contributed by atoms with Crippen molar-refractivity contribution in [3.8, 4) is 23.0 Å². The fourth-order valence-corrected chi connectivity index (χ4v) is 5.88. The van der Waals surface area contributed by atoms with Gasteiger partial charge in [-0.25, -0.2) is 15.0 Å². The van der Waals surface area contributed by atoms with Gasteiger partial charge in [-0.15, -0.1) is 0 Å². The molecule has 1 aliphatic carbocycles. The summed E-state index contributed by atoms with van der Waals surface area (Å²) in [7, 11) is 3.27. The van der Waals surface area contributed by atoms with E-state index in [2.05, 4.69) is 26.3 Å². The number of nitrogens with one attached hydrogen (secondary N) is 1. The third kappa shape index (κ3) is 4.71. The second-order valence-corrected chi connectivity index (χ2v) is 10.6. The Bertz CT molecular complexity index is 1520. The van der Waals surface area contributed by atoms with Gasteiger partial charge in [0.25, 0.3) is 5.91 Å². The molecule has 1 saturated heterocycles. The molecule has 6 rings (SSSR count). The maximum atomic E-state index is 11.3. The summed E-state index contributed by atoms with van der Waals surface area (Å²) in [6, 6.07) is 10.2. The van der Waals surface area contributed by atoms with Crippen molar-refractivity contribution in [2.24, 2.45) is 11.1 Å². The van der Waals surface area contributed by atoms with Crippen LogP contribution < -0.4 is 25.4 Å². The van der Waals surface area contributed by atoms with Crippen LogP contribution in [0.3, 0.4) is 0 Å². The van der Waals surface area contributed by atoms with Crippen LogP contribution in [0, 0.1) is 12.3 Å². The van der Waals surface area contributed by atoms with Crippen LogP contribution >= 0.6 is 0 Å². The van der Waals surface area contributed by atoms with Gasteiger partial charge >= 0.3 is 0 Å². The molecule has 1 aliphatic heterocycles. The Labute approximate surface area is 226 Å². The number of benzene rings is 1. The van der Waals surface area contributed by atoms with E-state index in [0.717, 1.165) is 72.6 Å². The fourth-order valence-electron chi connectivity index (χ4n) is 5.88. The second-order valence-electron chi connectivity index (χ2n) is 10.6. The summed E-state index contributed by atoms with van der Waals surface area (Å²) in [6.45, 7) is 3.71. The number of carbonyl (C=O) groups is 1. The molecule has 4 heterocycles. The Morgan fingerprint density at radius 3 is 2.38 bits per heavy atom. The topological polar surface area (TPSA) is 129 Å². The van der Waals surface area contributed by atoms with Crippen molar-refractivity contribution in [3.05, 3.63) is 54.0 Å². The highest BCUT2D eigenvalue weighted by atomic mass is 16.5. The Hall–Kier alpha value is -4.34. The molecule has 3 N–H and O–H groups in total. The van der Waals surface area contributed by atoms with Crippen molar-refractivity contribution in [2.45, 2.75) is 38.6 Å². The Morgan fingerprint density at radius 2 is 1.77 bits per heavy atom. The first-order valence-corrected chi connectivity index (χ1v) is 13.1. The van der Waals surface area contributed by atoms with Crippen LogP contribution in [-0.4, -0.2) is 54.2 Å².